The molecule has 1 saturated carbocycles. The zero-order valence-corrected chi connectivity index (χ0v) is 9.29. The van der Waals surface area contributed by atoms with Crippen LogP contribution in [0.15, 0.2) is 5.11 Å². The Morgan fingerprint density at radius 3 is 2.29 bits per heavy atom. The van der Waals surface area contributed by atoms with Gasteiger partial charge in [-0.05, 0) is 38.1 Å². The van der Waals surface area contributed by atoms with Crippen molar-refractivity contribution in [2.45, 2.75) is 43.4 Å². The molecular weight excluding hydrogens is 202 g/mol. The molecule has 0 heterocycles. The molecule has 0 bridgehead atoms. The Morgan fingerprint density at radius 2 is 1.93 bits per heavy atom. The zero-order chi connectivity index (χ0) is 10.8. The summed E-state index contributed by atoms with van der Waals surface area (Å²) < 4.78 is 22.3. The Balaban J connectivity index is 2.71. The number of sulfone groups is 1. The highest BCUT2D eigenvalue weighted by Gasteiger charge is 2.39. The Bertz CT molecular complexity index is 349. The van der Waals surface area contributed by atoms with E-state index in [1.165, 1.54) is 6.26 Å². The number of rotatable bonds is 2. The van der Waals surface area contributed by atoms with Gasteiger partial charge in [-0.25, -0.2) is 8.42 Å². The smallest absolute Gasteiger partial charge is 0.152 e. The monoisotopic (exact) mass is 217 g/mol. The Kier molecular flexibility index (Phi) is 3.07. The molecule has 0 aromatic carbocycles. The molecule has 6 heteroatoms. The van der Waals surface area contributed by atoms with Crippen molar-refractivity contribution in [3.8, 4) is 0 Å². The molecule has 80 valence electrons. The summed E-state index contributed by atoms with van der Waals surface area (Å²) in [6, 6.07) is -0.0187. The van der Waals surface area contributed by atoms with Crippen molar-refractivity contribution in [2.24, 2.45) is 5.11 Å². The quantitative estimate of drug-likeness (QED) is 0.403. The predicted molar refractivity (Wildman–Crippen MR) is 54.7 cm³/mol. The van der Waals surface area contributed by atoms with Gasteiger partial charge in [-0.1, -0.05) is 5.11 Å². The van der Waals surface area contributed by atoms with Gasteiger partial charge in [-0.3, -0.25) is 0 Å². The maximum absolute atomic E-state index is 11.5. The van der Waals surface area contributed by atoms with Crippen LogP contribution in [0.5, 0.6) is 0 Å². The van der Waals surface area contributed by atoms with Crippen LogP contribution in [0.4, 0.5) is 0 Å². The van der Waals surface area contributed by atoms with Crippen molar-refractivity contribution in [3.05, 3.63) is 10.4 Å². The second-order valence-corrected chi connectivity index (χ2v) is 6.69. The third kappa shape index (κ3) is 2.19. The highest BCUT2D eigenvalue weighted by molar-refractivity contribution is 7.92. The molecule has 0 radical (unpaired) electrons. The van der Waals surface area contributed by atoms with Gasteiger partial charge in [-0.2, -0.15) is 0 Å². The topological polar surface area (TPSA) is 82.9 Å². The van der Waals surface area contributed by atoms with Gasteiger partial charge in [-0.15, -0.1) is 0 Å². The lowest BCUT2D eigenvalue weighted by molar-refractivity contribution is 0.360. The fraction of sp³-hybridized carbons (Fsp3) is 1.00. The minimum Gasteiger partial charge on any atom is -0.229 e. The first-order valence-electron chi connectivity index (χ1n) is 4.63. The molecule has 1 rings (SSSR count). The van der Waals surface area contributed by atoms with Crippen LogP contribution in [-0.2, 0) is 9.84 Å². The van der Waals surface area contributed by atoms with Crippen molar-refractivity contribution >= 4 is 9.84 Å². The van der Waals surface area contributed by atoms with Gasteiger partial charge in [0.25, 0.3) is 0 Å². The average molecular weight is 217 g/mol. The standard InChI is InChI=1S/C8H15N3O2S/c1-8(14(2,12)13)5-3-7(4-6-8)10-11-9/h7H,3-6H2,1-2H3. The summed E-state index contributed by atoms with van der Waals surface area (Å²) in [5.41, 5.74) is 8.25. The molecule has 1 aliphatic carbocycles. The average Bonchev–Trinajstić information content (AvgIpc) is 2.08. The fourth-order valence-corrected chi connectivity index (χ4v) is 2.75. The van der Waals surface area contributed by atoms with E-state index < -0.39 is 14.6 Å². The van der Waals surface area contributed by atoms with Crippen LogP contribution >= 0.6 is 0 Å². The van der Waals surface area contributed by atoms with Gasteiger partial charge in [0, 0.05) is 17.2 Å². The third-order valence-electron chi connectivity index (χ3n) is 3.12. The molecule has 0 atom stereocenters. The van der Waals surface area contributed by atoms with E-state index in [4.69, 9.17) is 5.53 Å². The minimum atomic E-state index is -3.00. The first-order chi connectivity index (χ1) is 6.39. The minimum absolute atomic E-state index is 0.0187. The number of hydrogen-bond donors (Lipinski definition) is 0. The van der Waals surface area contributed by atoms with Crippen molar-refractivity contribution in [1.29, 1.82) is 0 Å². The van der Waals surface area contributed by atoms with Crippen molar-refractivity contribution < 1.29 is 8.42 Å². The van der Waals surface area contributed by atoms with E-state index in [2.05, 4.69) is 10.0 Å². The van der Waals surface area contributed by atoms with Crippen LogP contribution in [0.2, 0.25) is 0 Å². The summed E-state index contributed by atoms with van der Waals surface area (Å²) in [6.45, 7) is 1.77. The van der Waals surface area contributed by atoms with E-state index in [1.807, 2.05) is 0 Å². The summed E-state index contributed by atoms with van der Waals surface area (Å²) in [5, 5.41) is 3.62. The molecule has 0 amide bonds. The fourth-order valence-electron chi connectivity index (χ4n) is 1.77. The van der Waals surface area contributed by atoms with Crippen molar-refractivity contribution in [1.82, 2.24) is 0 Å². The summed E-state index contributed by atoms with van der Waals surface area (Å²) >= 11 is 0. The lowest BCUT2D eigenvalue weighted by Gasteiger charge is -2.34. The molecule has 0 saturated heterocycles. The molecule has 14 heavy (non-hydrogen) atoms. The molecule has 1 aliphatic rings. The summed E-state index contributed by atoms with van der Waals surface area (Å²) in [7, 11) is -3.00. The van der Waals surface area contributed by atoms with Gasteiger partial charge in [0.05, 0.1) is 4.75 Å². The molecule has 0 aliphatic heterocycles. The molecule has 0 aromatic rings. The van der Waals surface area contributed by atoms with Gasteiger partial charge in [0.15, 0.2) is 9.84 Å². The summed E-state index contributed by atoms with van der Waals surface area (Å²) in [4.78, 5) is 2.74. The lowest BCUT2D eigenvalue weighted by Crippen LogP contribution is -2.39. The number of nitrogens with zero attached hydrogens (tertiary/aromatic N) is 3. The predicted octanol–water partition coefficient (Wildman–Crippen LogP) is 2.04. The van der Waals surface area contributed by atoms with E-state index in [-0.39, 0.29) is 6.04 Å². The van der Waals surface area contributed by atoms with Crippen LogP contribution < -0.4 is 0 Å². The first kappa shape index (κ1) is 11.3. The van der Waals surface area contributed by atoms with E-state index in [0.29, 0.717) is 25.7 Å². The van der Waals surface area contributed by atoms with Gasteiger partial charge >= 0.3 is 0 Å². The highest BCUT2D eigenvalue weighted by atomic mass is 32.2. The normalized spacial score (nSPS) is 33.4. The Hall–Kier alpha value is -0.740. The maximum Gasteiger partial charge on any atom is 0.152 e. The zero-order valence-electron chi connectivity index (χ0n) is 8.47. The van der Waals surface area contributed by atoms with Crippen LogP contribution in [0.3, 0.4) is 0 Å². The van der Waals surface area contributed by atoms with Crippen LogP contribution in [0.25, 0.3) is 10.4 Å². The molecule has 0 unspecified atom stereocenters. The third-order valence-corrected chi connectivity index (χ3v) is 5.32. The molecule has 1 fully saturated rings. The molecule has 0 N–H and O–H groups in total. The molecule has 0 spiro atoms. The second-order valence-electron chi connectivity index (χ2n) is 4.16. The molecular formula is C8H15N3O2S. The van der Waals surface area contributed by atoms with E-state index in [0.717, 1.165) is 0 Å². The van der Waals surface area contributed by atoms with Crippen molar-refractivity contribution in [3.63, 3.8) is 0 Å². The van der Waals surface area contributed by atoms with Crippen LogP contribution in [0, 0.1) is 0 Å². The molecule has 5 nitrogen and oxygen atoms in total. The van der Waals surface area contributed by atoms with Gasteiger partial charge < -0.3 is 0 Å². The Morgan fingerprint density at radius 1 is 1.43 bits per heavy atom. The number of hydrogen-bond acceptors (Lipinski definition) is 3. The lowest BCUT2D eigenvalue weighted by atomic mass is 9.87. The molecule has 0 aromatic heterocycles. The SMILES string of the molecule is CC1(S(C)(=O)=O)CCC(N=[N+]=[N-])CC1. The van der Waals surface area contributed by atoms with E-state index >= 15 is 0 Å². The number of azide groups is 1. The first-order valence-corrected chi connectivity index (χ1v) is 6.52. The van der Waals surface area contributed by atoms with Crippen molar-refractivity contribution in [2.75, 3.05) is 6.26 Å². The summed E-state index contributed by atoms with van der Waals surface area (Å²) in [5.74, 6) is 0. The summed E-state index contributed by atoms with van der Waals surface area (Å²) in [6.07, 6.45) is 3.81. The van der Waals surface area contributed by atoms with Crippen LogP contribution in [-0.4, -0.2) is 25.5 Å². The van der Waals surface area contributed by atoms with E-state index in [9.17, 15) is 8.42 Å². The van der Waals surface area contributed by atoms with Gasteiger partial charge in [0.2, 0.25) is 0 Å². The van der Waals surface area contributed by atoms with E-state index in [1.54, 1.807) is 6.92 Å². The van der Waals surface area contributed by atoms with Gasteiger partial charge in [0.1, 0.15) is 0 Å². The van der Waals surface area contributed by atoms with Crippen LogP contribution in [0.1, 0.15) is 32.6 Å². The Labute approximate surface area is 84.0 Å². The largest absolute Gasteiger partial charge is 0.229 e. The second kappa shape index (κ2) is 3.79. The maximum atomic E-state index is 11.5. The highest BCUT2D eigenvalue weighted by Crippen LogP contribution is 2.35.